The summed E-state index contributed by atoms with van der Waals surface area (Å²) in [6.07, 6.45) is 8.23. The second-order valence-electron chi connectivity index (χ2n) is 2.80. The molecule has 1 heterocycles. The molecule has 1 rings (SSSR count). The molecule has 0 amide bonds. The Hall–Kier alpha value is -0.920. The summed E-state index contributed by atoms with van der Waals surface area (Å²) in [6.45, 7) is 4.33. The van der Waals surface area contributed by atoms with Gasteiger partial charge in [0.15, 0.2) is 0 Å². The molecule has 10 heavy (non-hydrogen) atoms. The van der Waals surface area contributed by atoms with Crippen LogP contribution in [0.2, 0.25) is 0 Å². The van der Waals surface area contributed by atoms with Crippen LogP contribution in [0.15, 0.2) is 24.8 Å². The summed E-state index contributed by atoms with van der Waals surface area (Å²) in [5.41, 5.74) is 0. The standard InChI is InChI=1S/C8H14N2/c1-8(2)10-6-4-9(3)5-7-10/h4-8H,1-3H3. The Labute approximate surface area is 62.4 Å². The molecule has 2 heteroatoms. The highest BCUT2D eigenvalue weighted by atomic mass is 15.2. The normalized spacial score (nSPS) is 17.2. The molecule has 0 N–H and O–H groups in total. The SMILES string of the molecule is CC(C)N1C=CN(C)C=C1. The Morgan fingerprint density at radius 2 is 1.50 bits per heavy atom. The maximum atomic E-state index is 2.17. The molecule has 0 saturated heterocycles. The Balaban J connectivity index is 2.54. The van der Waals surface area contributed by atoms with Gasteiger partial charge in [-0.15, -0.1) is 0 Å². The van der Waals surface area contributed by atoms with E-state index in [9.17, 15) is 0 Å². The van der Waals surface area contributed by atoms with Crippen molar-refractivity contribution in [1.29, 1.82) is 0 Å². The predicted molar refractivity (Wildman–Crippen MR) is 43.0 cm³/mol. The topological polar surface area (TPSA) is 6.48 Å². The highest BCUT2D eigenvalue weighted by Gasteiger charge is 2.02. The summed E-state index contributed by atoms with van der Waals surface area (Å²) in [6, 6.07) is 0.557. The Bertz CT molecular complexity index is 145. The van der Waals surface area contributed by atoms with E-state index >= 15 is 0 Å². The molecule has 0 fully saturated rings. The minimum absolute atomic E-state index is 0.557. The highest BCUT2D eigenvalue weighted by Crippen LogP contribution is 2.05. The van der Waals surface area contributed by atoms with Gasteiger partial charge in [0.2, 0.25) is 0 Å². The molecular formula is C8H14N2. The van der Waals surface area contributed by atoms with Crippen molar-refractivity contribution in [2.75, 3.05) is 7.05 Å². The monoisotopic (exact) mass is 138 g/mol. The molecule has 0 radical (unpaired) electrons. The molecule has 56 valence electrons. The maximum Gasteiger partial charge on any atom is 0.0275 e. The number of rotatable bonds is 1. The Kier molecular flexibility index (Phi) is 2.00. The quantitative estimate of drug-likeness (QED) is 0.543. The van der Waals surface area contributed by atoms with Crippen molar-refractivity contribution in [3.05, 3.63) is 24.8 Å². The zero-order chi connectivity index (χ0) is 7.56. The predicted octanol–water partition coefficient (Wildman–Crippen LogP) is 1.58. The Morgan fingerprint density at radius 3 is 1.90 bits per heavy atom. The summed E-state index contributed by atoms with van der Waals surface area (Å²) in [5, 5.41) is 0. The minimum atomic E-state index is 0.557. The molecule has 0 unspecified atom stereocenters. The molecule has 0 aromatic rings. The van der Waals surface area contributed by atoms with Crippen molar-refractivity contribution < 1.29 is 0 Å². The maximum absolute atomic E-state index is 2.17. The van der Waals surface area contributed by atoms with Crippen LogP contribution in [0, 0.1) is 0 Å². The van der Waals surface area contributed by atoms with Gasteiger partial charge in [-0.05, 0) is 13.8 Å². The van der Waals surface area contributed by atoms with Crippen molar-refractivity contribution in [2.45, 2.75) is 19.9 Å². The fourth-order valence-electron chi connectivity index (χ4n) is 0.808. The van der Waals surface area contributed by atoms with Crippen molar-refractivity contribution >= 4 is 0 Å². The van der Waals surface area contributed by atoms with E-state index in [4.69, 9.17) is 0 Å². The molecule has 0 aliphatic carbocycles. The van der Waals surface area contributed by atoms with Crippen LogP contribution in [0.4, 0.5) is 0 Å². The van der Waals surface area contributed by atoms with Crippen LogP contribution >= 0.6 is 0 Å². The average molecular weight is 138 g/mol. The fraction of sp³-hybridized carbons (Fsp3) is 0.500. The van der Waals surface area contributed by atoms with Crippen molar-refractivity contribution in [2.24, 2.45) is 0 Å². The fourth-order valence-corrected chi connectivity index (χ4v) is 0.808. The Morgan fingerprint density at radius 1 is 1.00 bits per heavy atom. The molecule has 1 aliphatic rings. The van der Waals surface area contributed by atoms with Gasteiger partial charge in [-0.3, -0.25) is 0 Å². The van der Waals surface area contributed by atoms with Gasteiger partial charge in [-0.1, -0.05) is 0 Å². The van der Waals surface area contributed by atoms with Crippen LogP contribution < -0.4 is 0 Å². The number of hydrogen-bond donors (Lipinski definition) is 0. The lowest BCUT2D eigenvalue weighted by Gasteiger charge is -2.25. The first-order chi connectivity index (χ1) is 4.70. The van der Waals surface area contributed by atoms with E-state index in [-0.39, 0.29) is 0 Å². The second-order valence-corrected chi connectivity index (χ2v) is 2.80. The summed E-state index contributed by atoms with van der Waals surface area (Å²) >= 11 is 0. The summed E-state index contributed by atoms with van der Waals surface area (Å²) < 4.78 is 0. The number of nitrogens with zero attached hydrogens (tertiary/aromatic N) is 2. The second kappa shape index (κ2) is 2.78. The molecule has 0 saturated carbocycles. The van der Waals surface area contributed by atoms with E-state index in [0.29, 0.717) is 6.04 Å². The van der Waals surface area contributed by atoms with E-state index in [1.807, 2.05) is 24.3 Å². The minimum Gasteiger partial charge on any atom is -0.354 e. The van der Waals surface area contributed by atoms with Crippen molar-refractivity contribution in [3.8, 4) is 0 Å². The first-order valence-corrected chi connectivity index (χ1v) is 3.56. The smallest absolute Gasteiger partial charge is 0.0275 e. The molecule has 1 aliphatic heterocycles. The van der Waals surface area contributed by atoms with Gasteiger partial charge in [-0.25, -0.2) is 0 Å². The third kappa shape index (κ3) is 1.53. The van der Waals surface area contributed by atoms with Crippen molar-refractivity contribution in [1.82, 2.24) is 9.80 Å². The zero-order valence-corrected chi connectivity index (χ0v) is 6.78. The first kappa shape index (κ1) is 7.19. The van der Waals surface area contributed by atoms with Gasteiger partial charge in [0, 0.05) is 37.9 Å². The molecular weight excluding hydrogens is 124 g/mol. The van der Waals surface area contributed by atoms with Crippen molar-refractivity contribution in [3.63, 3.8) is 0 Å². The molecule has 0 aromatic carbocycles. The lowest BCUT2D eigenvalue weighted by atomic mass is 10.3. The van der Waals surface area contributed by atoms with E-state index in [2.05, 4.69) is 31.1 Å². The summed E-state index contributed by atoms with van der Waals surface area (Å²) in [7, 11) is 2.02. The molecule has 0 spiro atoms. The third-order valence-corrected chi connectivity index (χ3v) is 1.54. The summed E-state index contributed by atoms with van der Waals surface area (Å²) in [4.78, 5) is 4.19. The highest BCUT2D eigenvalue weighted by molar-refractivity contribution is 5.00. The largest absolute Gasteiger partial charge is 0.354 e. The molecule has 0 bridgehead atoms. The average Bonchev–Trinajstić information content (AvgIpc) is 1.88. The van der Waals surface area contributed by atoms with Crippen LogP contribution in [0.25, 0.3) is 0 Å². The van der Waals surface area contributed by atoms with E-state index in [1.54, 1.807) is 0 Å². The van der Waals surface area contributed by atoms with Gasteiger partial charge in [-0.2, -0.15) is 0 Å². The van der Waals surface area contributed by atoms with Gasteiger partial charge >= 0.3 is 0 Å². The van der Waals surface area contributed by atoms with Crippen LogP contribution in [0.5, 0.6) is 0 Å². The van der Waals surface area contributed by atoms with Gasteiger partial charge in [0.05, 0.1) is 0 Å². The number of hydrogen-bond acceptors (Lipinski definition) is 2. The summed E-state index contributed by atoms with van der Waals surface area (Å²) in [5.74, 6) is 0. The van der Waals surface area contributed by atoms with Gasteiger partial charge < -0.3 is 9.80 Å². The van der Waals surface area contributed by atoms with Gasteiger partial charge in [0.1, 0.15) is 0 Å². The lowest BCUT2D eigenvalue weighted by Crippen LogP contribution is -2.23. The van der Waals surface area contributed by atoms with E-state index in [0.717, 1.165) is 0 Å². The van der Waals surface area contributed by atoms with Gasteiger partial charge in [0.25, 0.3) is 0 Å². The molecule has 0 aromatic heterocycles. The van der Waals surface area contributed by atoms with Crippen LogP contribution in [-0.2, 0) is 0 Å². The first-order valence-electron chi connectivity index (χ1n) is 3.56. The third-order valence-electron chi connectivity index (χ3n) is 1.54. The lowest BCUT2D eigenvalue weighted by molar-refractivity contribution is 0.387. The van der Waals surface area contributed by atoms with E-state index in [1.165, 1.54) is 0 Å². The van der Waals surface area contributed by atoms with E-state index < -0.39 is 0 Å². The molecule has 0 atom stereocenters. The molecule has 2 nitrogen and oxygen atoms in total. The van der Waals surface area contributed by atoms with Crippen LogP contribution in [0.1, 0.15) is 13.8 Å². The van der Waals surface area contributed by atoms with Crippen LogP contribution in [0.3, 0.4) is 0 Å². The zero-order valence-electron chi connectivity index (χ0n) is 6.78. The van der Waals surface area contributed by atoms with Crippen LogP contribution in [-0.4, -0.2) is 22.9 Å².